The van der Waals surface area contributed by atoms with Crippen molar-refractivity contribution in [3.63, 3.8) is 0 Å². The van der Waals surface area contributed by atoms with Crippen molar-refractivity contribution in [3.05, 3.63) is 40.9 Å². The summed E-state index contributed by atoms with van der Waals surface area (Å²) in [5.74, 6) is 0.588. The van der Waals surface area contributed by atoms with Crippen LogP contribution in [-0.2, 0) is 10.9 Å². The number of alkyl halides is 3. The van der Waals surface area contributed by atoms with Crippen molar-refractivity contribution in [2.24, 2.45) is 11.8 Å². The van der Waals surface area contributed by atoms with Crippen LogP contribution in [0.3, 0.4) is 0 Å². The summed E-state index contributed by atoms with van der Waals surface area (Å²) in [6.07, 6.45) is -0.244. The third-order valence-electron chi connectivity index (χ3n) is 5.60. The average molecular weight is 344 g/mol. The van der Waals surface area contributed by atoms with Gasteiger partial charge in [-0.2, -0.15) is 13.2 Å². The maximum atomic E-state index is 13.1. The number of hydrogen-bond acceptors (Lipinski definition) is 2. The van der Waals surface area contributed by atoms with Crippen molar-refractivity contribution in [2.75, 3.05) is 18.0 Å². The monoisotopic (exact) mass is 343 g/mol. The van der Waals surface area contributed by atoms with Gasteiger partial charge in [0.1, 0.15) is 0 Å². The number of halogens is 4. The highest BCUT2D eigenvalue weighted by Crippen LogP contribution is 2.56. The molecule has 6 heteroatoms. The molecule has 2 fully saturated rings. The standard InChI is InChI=1S/C17H17ClF3NO/c1-15-5-6-16(2,23-15)13-9-22(8-12(13)15)10-3-4-14(18)11(7-10)17(19,20)21/h3-7,12-13H,8-9H2,1-2H3. The van der Waals surface area contributed by atoms with Gasteiger partial charge in [0.05, 0.1) is 21.8 Å². The maximum absolute atomic E-state index is 13.1. The summed E-state index contributed by atoms with van der Waals surface area (Å²) < 4.78 is 45.4. The molecular weight excluding hydrogens is 327 g/mol. The van der Waals surface area contributed by atoms with E-state index in [2.05, 4.69) is 26.0 Å². The van der Waals surface area contributed by atoms with Crippen LogP contribution in [-0.4, -0.2) is 24.3 Å². The molecule has 0 radical (unpaired) electrons. The van der Waals surface area contributed by atoms with Gasteiger partial charge in [-0.15, -0.1) is 0 Å². The van der Waals surface area contributed by atoms with E-state index in [0.717, 1.165) is 6.07 Å². The van der Waals surface area contributed by atoms with Crippen LogP contribution in [0, 0.1) is 11.8 Å². The smallest absolute Gasteiger partial charge is 0.371 e. The Morgan fingerprint density at radius 1 is 1.13 bits per heavy atom. The average Bonchev–Trinajstić information content (AvgIpc) is 3.07. The van der Waals surface area contributed by atoms with E-state index in [1.807, 2.05) is 4.90 Å². The van der Waals surface area contributed by atoms with Crippen molar-refractivity contribution in [1.82, 2.24) is 0 Å². The topological polar surface area (TPSA) is 12.5 Å². The second kappa shape index (κ2) is 4.45. The fourth-order valence-electron chi connectivity index (χ4n) is 4.37. The SMILES string of the molecule is CC12C=CC(C)(O1)C1CN(c3ccc(Cl)c(C(F)(F)F)c3)CC12. The van der Waals surface area contributed by atoms with Crippen molar-refractivity contribution in [2.45, 2.75) is 31.2 Å². The van der Waals surface area contributed by atoms with Gasteiger partial charge in [0.25, 0.3) is 0 Å². The van der Waals surface area contributed by atoms with E-state index in [-0.39, 0.29) is 16.2 Å². The number of ether oxygens (including phenoxy) is 1. The zero-order chi connectivity index (χ0) is 16.6. The normalized spacial score (nSPS) is 38.4. The summed E-state index contributed by atoms with van der Waals surface area (Å²) in [6, 6.07) is 4.16. The molecule has 1 aromatic carbocycles. The van der Waals surface area contributed by atoms with Crippen LogP contribution in [0.25, 0.3) is 0 Å². The molecule has 0 N–H and O–H groups in total. The molecule has 2 saturated heterocycles. The summed E-state index contributed by atoms with van der Waals surface area (Å²) >= 11 is 5.72. The van der Waals surface area contributed by atoms with E-state index in [1.165, 1.54) is 6.07 Å². The lowest BCUT2D eigenvalue weighted by Crippen LogP contribution is -2.33. The van der Waals surface area contributed by atoms with Gasteiger partial charge >= 0.3 is 6.18 Å². The van der Waals surface area contributed by atoms with Crippen molar-refractivity contribution in [1.29, 1.82) is 0 Å². The largest absolute Gasteiger partial charge is 0.417 e. The van der Waals surface area contributed by atoms with Crippen molar-refractivity contribution in [3.8, 4) is 0 Å². The molecule has 0 aliphatic carbocycles. The van der Waals surface area contributed by atoms with Gasteiger partial charge in [0.15, 0.2) is 0 Å². The molecule has 4 rings (SSSR count). The Bertz CT molecular complexity index is 678. The molecule has 0 amide bonds. The third-order valence-corrected chi connectivity index (χ3v) is 5.93. The molecule has 4 atom stereocenters. The van der Waals surface area contributed by atoms with Gasteiger partial charge in [0.2, 0.25) is 0 Å². The van der Waals surface area contributed by atoms with Crippen LogP contribution < -0.4 is 4.90 Å². The quantitative estimate of drug-likeness (QED) is 0.695. The van der Waals surface area contributed by atoms with E-state index in [0.29, 0.717) is 30.6 Å². The minimum absolute atomic E-state index is 0.260. The van der Waals surface area contributed by atoms with E-state index < -0.39 is 11.7 Å². The highest BCUT2D eigenvalue weighted by Gasteiger charge is 2.62. The predicted molar refractivity (Wildman–Crippen MR) is 82.7 cm³/mol. The summed E-state index contributed by atoms with van der Waals surface area (Å²) in [5.41, 5.74) is -0.827. The third kappa shape index (κ3) is 2.13. The Balaban J connectivity index is 1.65. The summed E-state index contributed by atoms with van der Waals surface area (Å²) in [5, 5.41) is -0.260. The van der Waals surface area contributed by atoms with Crippen LogP contribution in [0.15, 0.2) is 30.4 Å². The Morgan fingerprint density at radius 2 is 1.70 bits per heavy atom. The molecule has 3 aliphatic rings. The van der Waals surface area contributed by atoms with Crippen LogP contribution >= 0.6 is 11.6 Å². The molecule has 1 aromatic rings. The molecule has 2 bridgehead atoms. The van der Waals surface area contributed by atoms with Crippen LogP contribution in [0.1, 0.15) is 19.4 Å². The Morgan fingerprint density at radius 3 is 2.22 bits per heavy atom. The highest BCUT2D eigenvalue weighted by molar-refractivity contribution is 6.31. The fraction of sp³-hybridized carbons (Fsp3) is 0.529. The lowest BCUT2D eigenvalue weighted by atomic mass is 9.74. The summed E-state index contributed by atoms with van der Waals surface area (Å²) in [6.45, 7) is 5.51. The minimum Gasteiger partial charge on any atom is -0.371 e. The summed E-state index contributed by atoms with van der Waals surface area (Å²) in [7, 11) is 0. The van der Waals surface area contributed by atoms with E-state index in [4.69, 9.17) is 16.3 Å². The van der Waals surface area contributed by atoms with E-state index >= 15 is 0 Å². The Kier molecular flexibility index (Phi) is 2.97. The predicted octanol–water partition coefficient (Wildman–Crippen LogP) is 4.53. The lowest BCUT2D eigenvalue weighted by molar-refractivity contribution is -0.137. The highest BCUT2D eigenvalue weighted by atomic mass is 35.5. The molecule has 23 heavy (non-hydrogen) atoms. The number of fused-ring (bicyclic) bond motifs is 5. The number of hydrogen-bond donors (Lipinski definition) is 0. The van der Waals surface area contributed by atoms with Crippen molar-refractivity contribution < 1.29 is 17.9 Å². The first-order valence-corrected chi connectivity index (χ1v) is 8.02. The second-order valence-electron chi connectivity index (χ2n) is 7.08. The van der Waals surface area contributed by atoms with Gasteiger partial charge in [-0.1, -0.05) is 23.8 Å². The van der Waals surface area contributed by atoms with Gasteiger partial charge in [-0.3, -0.25) is 0 Å². The summed E-state index contributed by atoms with van der Waals surface area (Å²) in [4.78, 5) is 2.02. The van der Waals surface area contributed by atoms with Crippen LogP contribution in [0.4, 0.5) is 18.9 Å². The molecule has 124 valence electrons. The first-order valence-electron chi connectivity index (χ1n) is 7.65. The minimum atomic E-state index is -4.44. The number of nitrogens with zero attached hydrogens (tertiary/aromatic N) is 1. The molecule has 3 aliphatic heterocycles. The van der Waals surface area contributed by atoms with E-state index in [1.54, 1.807) is 6.07 Å². The molecular formula is C17H17ClF3NO. The van der Waals surface area contributed by atoms with E-state index in [9.17, 15) is 13.2 Å². The molecule has 0 aromatic heterocycles. The molecule has 0 saturated carbocycles. The molecule has 3 heterocycles. The molecule has 2 nitrogen and oxygen atoms in total. The Labute approximate surface area is 137 Å². The second-order valence-corrected chi connectivity index (χ2v) is 7.49. The van der Waals surface area contributed by atoms with Crippen LogP contribution in [0.2, 0.25) is 5.02 Å². The number of rotatable bonds is 1. The van der Waals surface area contributed by atoms with Crippen molar-refractivity contribution >= 4 is 17.3 Å². The molecule has 4 unspecified atom stereocenters. The maximum Gasteiger partial charge on any atom is 0.417 e. The fourth-order valence-corrected chi connectivity index (χ4v) is 4.60. The lowest BCUT2D eigenvalue weighted by Gasteiger charge is -2.28. The first-order chi connectivity index (χ1) is 10.6. The van der Waals surface area contributed by atoms with Gasteiger partial charge in [-0.05, 0) is 32.0 Å². The van der Waals surface area contributed by atoms with Gasteiger partial charge < -0.3 is 9.64 Å². The zero-order valence-electron chi connectivity index (χ0n) is 12.8. The van der Waals surface area contributed by atoms with Gasteiger partial charge in [0, 0.05) is 30.6 Å². The van der Waals surface area contributed by atoms with Gasteiger partial charge in [-0.25, -0.2) is 0 Å². The first kappa shape index (κ1) is 15.3. The molecule has 0 spiro atoms. The van der Waals surface area contributed by atoms with Crippen LogP contribution in [0.5, 0.6) is 0 Å². The number of anilines is 1. The number of benzene rings is 1. The zero-order valence-corrected chi connectivity index (χ0v) is 13.6. The Hall–Kier alpha value is -1.20.